The Kier molecular flexibility index (Phi) is 5.28. The molecule has 1 aromatic heterocycles. The van der Waals surface area contributed by atoms with Gasteiger partial charge in [0.05, 0.1) is 6.04 Å². The molecule has 0 spiro atoms. The Bertz CT molecular complexity index is 625. The van der Waals surface area contributed by atoms with Crippen molar-refractivity contribution in [1.82, 2.24) is 10.3 Å². The fourth-order valence-electron chi connectivity index (χ4n) is 2.30. The van der Waals surface area contributed by atoms with E-state index in [-0.39, 0.29) is 6.04 Å². The highest BCUT2D eigenvalue weighted by molar-refractivity contribution is 7.80. The number of pyridine rings is 1. The van der Waals surface area contributed by atoms with Gasteiger partial charge in [0.1, 0.15) is 5.82 Å². The second kappa shape index (κ2) is 7.18. The maximum atomic E-state index is 5.40. The fraction of sp³-hybridized carbons (Fsp3) is 0.294. The molecule has 1 unspecified atom stereocenters. The second-order valence-electron chi connectivity index (χ2n) is 5.08. The molecule has 0 fully saturated rings. The summed E-state index contributed by atoms with van der Waals surface area (Å²) in [6.45, 7) is 6.24. The highest BCUT2D eigenvalue weighted by atomic mass is 32.1. The van der Waals surface area contributed by atoms with Crippen LogP contribution in [0, 0.1) is 13.8 Å². The average molecular weight is 299 g/mol. The van der Waals surface area contributed by atoms with E-state index in [4.69, 9.17) is 12.2 Å². The summed E-state index contributed by atoms with van der Waals surface area (Å²) in [7, 11) is 0. The standard InChI is InChI=1S/C17H21N3S/c1-4-15(14-10-6-5-8-12(14)2)19-17(21)20-16-11-7-9-13(3)18-16/h5-11,15H,4H2,1-3H3,(H2,18,19,20,21). The topological polar surface area (TPSA) is 37.0 Å². The van der Waals surface area contributed by atoms with Gasteiger partial charge < -0.3 is 10.6 Å². The summed E-state index contributed by atoms with van der Waals surface area (Å²) in [5.74, 6) is 0.770. The minimum atomic E-state index is 0.205. The number of thiocarbonyl (C=S) groups is 1. The Morgan fingerprint density at radius 2 is 1.90 bits per heavy atom. The number of aromatic nitrogens is 1. The molecule has 0 saturated heterocycles. The molecule has 1 aromatic carbocycles. The maximum Gasteiger partial charge on any atom is 0.172 e. The van der Waals surface area contributed by atoms with Gasteiger partial charge in [-0.15, -0.1) is 0 Å². The van der Waals surface area contributed by atoms with E-state index in [1.54, 1.807) is 0 Å². The molecule has 2 N–H and O–H groups in total. The van der Waals surface area contributed by atoms with Gasteiger partial charge in [0.15, 0.2) is 5.11 Å². The van der Waals surface area contributed by atoms with E-state index in [1.165, 1.54) is 11.1 Å². The minimum Gasteiger partial charge on any atom is -0.356 e. The Morgan fingerprint density at radius 3 is 2.57 bits per heavy atom. The number of rotatable bonds is 4. The summed E-state index contributed by atoms with van der Waals surface area (Å²) >= 11 is 5.40. The maximum absolute atomic E-state index is 5.40. The van der Waals surface area contributed by atoms with Crippen molar-refractivity contribution in [2.75, 3.05) is 5.32 Å². The number of benzene rings is 1. The zero-order valence-corrected chi connectivity index (χ0v) is 13.5. The molecule has 0 aliphatic heterocycles. The summed E-state index contributed by atoms with van der Waals surface area (Å²) in [5, 5.41) is 7.12. The predicted molar refractivity (Wildman–Crippen MR) is 92.5 cm³/mol. The van der Waals surface area contributed by atoms with Crippen molar-refractivity contribution < 1.29 is 0 Å². The van der Waals surface area contributed by atoms with Crippen LogP contribution in [-0.4, -0.2) is 10.1 Å². The van der Waals surface area contributed by atoms with Crippen LogP contribution in [0.5, 0.6) is 0 Å². The van der Waals surface area contributed by atoms with E-state index in [0.717, 1.165) is 17.9 Å². The van der Waals surface area contributed by atoms with Crippen LogP contribution in [0.15, 0.2) is 42.5 Å². The largest absolute Gasteiger partial charge is 0.356 e. The molecule has 0 bridgehead atoms. The minimum absolute atomic E-state index is 0.205. The Hall–Kier alpha value is -1.94. The monoisotopic (exact) mass is 299 g/mol. The molecule has 21 heavy (non-hydrogen) atoms. The van der Waals surface area contributed by atoms with Crippen molar-refractivity contribution in [2.24, 2.45) is 0 Å². The van der Waals surface area contributed by atoms with Gasteiger partial charge >= 0.3 is 0 Å². The molecule has 1 heterocycles. The molecule has 0 radical (unpaired) electrons. The first kappa shape index (κ1) is 15.4. The van der Waals surface area contributed by atoms with Gasteiger partial charge in [0.25, 0.3) is 0 Å². The van der Waals surface area contributed by atoms with Crippen molar-refractivity contribution in [3.05, 3.63) is 59.3 Å². The van der Waals surface area contributed by atoms with Crippen molar-refractivity contribution in [2.45, 2.75) is 33.2 Å². The first-order valence-electron chi connectivity index (χ1n) is 7.17. The molecule has 2 rings (SSSR count). The van der Waals surface area contributed by atoms with Crippen LogP contribution in [0.3, 0.4) is 0 Å². The van der Waals surface area contributed by atoms with Crippen LogP contribution < -0.4 is 10.6 Å². The predicted octanol–water partition coefficient (Wildman–Crippen LogP) is 4.14. The zero-order valence-electron chi connectivity index (χ0n) is 12.7. The van der Waals surface area contributed by atoms with Gasteiger partial charge in [-0.3, -0.25) is 0 Å². The smallest absolute Gasteiger partial charge is 0.172 e. The summed E-state index contributed by atoms with van der Waals surface area (Å²) in [6.07, 6.45) is 0.966. The number of hydrogen-bond donors (Lipinski definition) is 2. The van der Waals surface area contributed by atoms with Gasteiger partial charge in [-0.2, -0.15) is 0 Å². The molecule has 2 aromatic rings. The fourth-order valence-corrected chi connectivity index (χ4v) is 2.55. The van der Waals surface area contributed by atoms with Crippen LogP contribution in [0.4, 0.5) is 5.82 Å². The SMILES string of the molecule is CCC(NC(=S)Nc1cccc(C)n1)c1ccccc1C. The van der Waals surface area contributed by atoms with E-state index in [0.29, 0.717) is 5.11 Å². The van der Waals surface area contributed by atoms with E-state index < -0.39 is 0 Å². The first-order valence-corrected chi connectivity index (χ1v) is 7.57. The molecule has 0 amide bonds. The molecule has 0 aliphatic carbocycles. The number of anilines is 1. The lowest BCUT2D eigenvalue weighted by Crippen LogP contribution is -2.32. The summed E-state index contributed by atoms with van der Waals surface area (Å²) < 4.78 is 0. The quantitative estimate of drug-likeness (QED) is 0.832. The summed E-state index contributed by atoms with van der Waals surface area (Å²) in [4.78, 5) is 4.40. The highest BCUT2D eigenvalue weighted by Gasteiger charge is 2.12. The Morgan fingerprint density at radius 1 is 1.14 bits per heavy atom. The average Bonchev–Trinajstić information content (AvgIpc) is 2.45. The molecular formula is C17H21N3S. The number of hydrogen-bond acceptors (Lipinski definition) is 2. The third-order valence-electron chi connectivity index (χ3n) is 3.41. The molecule has 0 aliphatic rings. The van der Waals surface area contributed by atoms with Crippen LogP contribution >= 0.6 is 12.2 Å². The summed E-state index contributed by atoms with van der Waals surface area (Å²) in [6, 6.07) is 14.4. The van der Waals surface area contributed by atoms with Crippen LogP contribution in [0.1, 0.15) is 36.2 Å². The van der Waals surface area contributed by atoms with Crippen molar-refractivity contribution in [3.8, 4) is 0 Å². The third kappa shape index (κ3) is 4.26. The number of nitrogens with one attached hydrogen (secondary N) is 2. The van der Waals surface area contributed by atoms with E-state index >= 15 is 0 Å². The van der Waals surface area contributed by atoms with Gasteiger partial charge in [-0.05, 0) is 55.7 Å². The molecule has 3 nitrogen and oxygen atoms in total. The zero-order chi connectivity index (χ0) is 15.2. The van der Waals surface area contributed by atoms with Crippen LogP contribution in [0.2, 0.25) is 0 Å². The number of aryl methyl sites for hydroxylation is 2. The Labute approximate surface area is 131 Å². The van der Waals surface area contributed by atoms with Crippen molar-refractivity contribution in [3.63, 3.8) is 0 Å². The van der Waals surface area contributed by atoms with E-state index in [9.17, 15) is 0 Å². The molecule has 110 valence electrons. The van der Waals surface area contributed by atoms with Crippen LogP contribution in [0.25, 0.3) is 0 Å². The highest BCUT2D eigenvalue weighted by Crippen LogP contribution is 2.20. The molecular weight excluding hydrogens is 278 g/mol. The lowest BCUT2D eigenvalue weighted by atomic mass is 10.00. The molecule has 0 saturated carbocycles. The molecule has 4 heteroatoms. The van der Waals surface area contributed by atoms with Crippen LogP contribution in [-0.2, 0) is 0 Å². The van der Waals surface area contributed by atoms with Gasteiger partial charge in [-0.25, -0.2) is 4.98 Å². The van der Waals surface area contributed by atoms with Gasteiger partial charge in [0, 0.05) is 5.69 Å². The van der Waals surface area contributed by atoms with Crippen molar-refractivity contribution in [1.29, 1.82) is 0 Å². The summed E-state index contributed by atoms with van der Waals surface area (Å²) in [5.41, 5.74) is 3.52. The van der Waals surface area contributed by atoms with E-state index in [1.807, 2.05) is 25.1 Å². The Balaban J connectivity index is 2.05. The third-order valence-corrected chi connectivity index (χ3v) is 3.63. The second-order valence-corrected chi connectivity index (χ2v) is 5.49. The van der Waals surface area contributed by atoms with Gasteiger partial charge in [0.2, 0.25) is 0 Å². The lowest BCUT2D eigenvalue weighted by molar-refractivity contribution is 0.625. The van der Waals surface area contributed by atoms with Gasteiger partial charge in [-0.1, -0.05) is 37.3 Å². The van der Waals surface area contributed by atoms with Crippen molar-refractivity contribution >= 4 is 23.1 Å². The normalized spacial score (nSPS) is 11.8. The molecule has 1 atom stereocenters. The lowest BCUT2D eigenvalue weighted by Gasteiger charge is -2.21. The van der Waals surface area contributed by atoms with E-state index in [2.05, 4.69) is 53.7 Å². The number of nitrogens with zero attached hydrogens (tertiary/aromatic N) is 1. The first-order chi connectivity index (χ1) is 10.1.